The van der Waals surface area contributed by atoms with Gasteiger partial charge in [0.25, 0.3) is 0 Å². The highest BCUT2D eigenvalue weighted by Gasteiger charge is 2.37. The second-order valence-corrected chi connectivity index (χ2v) is 8.59. The maximum atomic E-state index is 12.5. The lowest BCUT2D eigenvalue weighted by atomic mass is 9.82. The molecule has 1 heterocycles. The van der Waals surface area contributed by atoms with E-state index in [1.165, 1.54) is 21.0 Å². The molecular weight excluding hydrogens is 440 g/mol. The summed E-state index contributed by atoms with van der Waals surface area (Å²) >= 11 is 0. The lowest BCUT2D eigenvalue weighted by Crippen LogP contribution is -2.43. The molecule has 1 amide bonds. The molecule has 34 heavy (non-hydrogen) atoms. The number of ether oxygens (including phenoxy) is 3. The number of carbonyl (C=O) groups excluding carboxylic acids is 3. The number of aliphatic hydroxyl groups excluding tert-OH is 1. The minimum Gasteiger partial charge on any atom is -0.507 e. The summed E-state index contributed by atoms with van der Waals surface area (Å²) in [6, 6.07) is 1.67. The fourth-order valence-electron chi connectivity index (χ4n) is 4.61. The predicted octanol–water partition coefficient (Wildman–Crippen LogP) is 2.67. The highest BCUT2D eigenvalue weighted by molar-refractivity contribution is 6.50. The predicted molar refractivity (Wildman–Crippen MR) is 125 cm³/mol. The number of ketones is 2. The molecule has 0 spiro atoms. The van der Waals surface area contributed by atoms with E-state index in [-0.39, 0.29) is 48.7 Å². The number of allylic oxidation sites excluding steroid dienone is 3. The summed E-state index contributed by atoms with van der Waals surface area (Å²) in [5, 5.41) is 13.7. The molecule has 2 N–H and O–H groups in total. The Balaban J connectivity index is 2.18. The van der Waals surface area contributed by atoms with Crippen molar-refractivity contribution in [2.75, 3.05) is 34.2 Å². The van der Waals surface area contributed by atoms with E-state index >= 15 is 0 Å². The van der Waals surface area contributed by atoms with Gasteiger partial charge >= 0.3 is 0 Å². The molecule has 0 fully saturated rings. The second-order valence-electron chi connectivity index (χ2n) is 8.59. The van der Waals surface area contributed by atoms with Gasteiger partial charge in [0.2, 0.25) is 17.5 Å². The molecule has 1 unspecified atom stereocenters. The summed E-state index contributed by atoms with van der Waals surface area (Å²) in [5.74, 6) is -0.569. The van der Waals surface area contributed by atoms with E-state index in [1.807, 2.05) is 13.0 Å². The van der Waals surface area contributed by atoms with Crippen molar-refractivity contribution < 1.29 is 33.7 Å². The van der Waals surface area contributed by atoms with E-state index in [4.69, 9.17) is 14.2 Å². The van der Waals surface area contributed by atoms with Crippen LogP contribution in [0.4, 0.5) is 0 Å². The number of aliphatic hydroxyl groups is 1. The van der Waals surface area contributed by atoms with Crippen molar-refractivity contribution in [1.82, 2.24) is 10.2 Å². The Bertz CT molecular complexity index is 1090. The fraction of sp³-hybridized carbons (Fsp3) is 0.480. The zero-order valence-corrected chi connectivity index (χ0v) is 20.5. The van der Waals surface area contributed by atoms with Gasteiger partial charge in [-0.1, -0.05) is 6.07 Å². The van der Waals surface area contributed by atoms with Gasteiger partial charge < -0.3 is 24.6 Å². The van der Waals surface area contributed by atoms with Crippen molar-refractivity contribution in [3.05, 3.63) is 45.2 Å². The third-order valence-electron chi connectivity index (χ3n) is 6.42. The number of nitrogens with one attached hydrogen (secondary N) is 1. The van der Waals surface area contributed by atoms with Crippen LogP contribution < -0.4 is 14.8 Å². The van der Waals surface area contributed by atoms with Crippen LogP contribution in [0.25, 0.3) is 0 Å². The van der Waals surface area contributed by atoms with Crippen LogP contribution in [0.5, 0.6) is 11.5 Å². The van der Waals surface area contributed by atoms with E-state index in [0.717, 1.165) is 16.7 Å². The van der Waals surface area contributed by atoms with Crippen LogP contribution in [0.2, 0.25) is 0 Å². The van der Waals surface area contributed by atoms with Gasteiger partial charge in [0.05, 0.1) is 13.8 Å². The summed E-state index contributed by atoms with van der Waals surface area (Å²) < 4.78 is 16.8. The highest BCUT2D eigenvalue weighted by Crippen LogP contribution is 2.47. The minimum atomic E-state index is -0.695. The molecule has 1 aromatic rings. The van der Waals surface area contributed by atoms with Gasteiger partial charge in [-0.05, 0) is 44.7 Å². The maximum absolute atomic E-state index is 12.5. The van der Waals surface area contributed by atoms with Gasteiger partial charge in [-0.15, -0.1) is 0 Å². The molecular formula is C25H32N2O7. The standard InChI is InChI=1S/C25H32N2O7/c1-13-9-17-7-8-27(11-26-16(4)28)19(20(17)25(24(13)33-6)34-12-32-5)10-18-14(2)22(30)23(31)15(3)21(18)29/h9,19,29H,7-8,10-12H2,1-6H3,(H,26,28). The van der Waals surface area contributed by atoms with Crippen molar-refractivity contribution in [2.45, 2.75) is 46.6 Å². The Hall–Kier alpha value is -3.17. The fourth-order valence-corrected chi connectivity index (χ4v) is 4.61. The second kappa shape index (κ2) is 10.4. The Morgan fingerprint density at radius 1 is 1.15 bits per heavy atom. The van der Waals surface area contributed by atoms with Gasteiger partial charge in [0.15, 0.2) is 18.3 Å². The zero-order valence-electron chi connectivity index (χ0n) is 20.5. The molecule has 9 nitrogen and oxygen atoms in total. The van der Waals surface area contributed by atoms with Crippen LogP contribution in [0.3, 0.4) is 0 Å². The van der Waals surface area contributed by atoms with Crippen LogP contribution in [-0.2, 0) is 25.5 Å². The van der Waals surface area contributed by atoms with Crippen molar-refractivity contribution in [2.24, 2.45) is 0 Å². The van der Waals surface area contributed by atoms with Gasteiger partial charge in [-0.25, -0.2) is 0 Å². The van der Waals surface area contributed by atoms with Gasteiger partial charge in [-0.2, -0.15) is 0 Å². The number of hydrogen-bond acceptors (Lipinski definition) is 8. The van der Waals surface area contributed by atoms with Crippen LogP contribution >= 0.6 is 0 Å². The van der Waals surface area contributed by atoms with E-state index in [9.17, 15) is 19.5 Å². The SMILES string of the molecule is COCOc1c(OC)c(C)cc2c1C(CC1=C(C)C(=O)C(=O)C(C)=C1O)N(CNC(C)=O)CC2. The number of fused-ring (bicyclic) bond motifs is 1. The maximum Gasteiger partial charge on any atom is 0.232 e. The van der Waals surface area contributed by atoms with Crippen molar-refractivity contribution in [1.29, 1.82) is 0 Å². The number of Topliss-reactive ketones (excluding diaryl/α,β-unsaturated/α-hetero) is 2. The molecule has 184 valence electrons. The Morgan fingerprint density at radius 2 is 1.82 bits per heavy atom. The van der Waals surface area contributed by atoms with Crippen molar-refractivity contribution in [3.8, 4) is 11.5 Å². The first-order chi connectivity index (χ1) is 16.1. The smallest absolute Gasteiger partial charge is 0.232 e. The minimum absolute atomic E-state index is 0.00361. The van der Waals surface area contributed by atoms with Crippen LogP contribution in [0.15, 0.2) is 28.5 Å². The number of hydrogen-bond donors (Lipinski definition) is 2. The van der Waals surface area contributed by atoms with E-state index in [2.05, 4.69) is 10.2 Å². The first-order valence-corrected chi connectivity index (χ1v) is 11.1. The summed E-state index contributed by atoms with van der Waals surface area (Å²) in [7, 11) is 3.09. The summed E-state index contributed by atoms with van der Waals surface area (Å²) in [6.07, 6.45) is 0.937. The molecule has 1 aromatic carbocycles. The van der Waals surface area contributed by atoms with E-state index in [0.29, 0.717) is 30.0 Å². The molecule has 0 saturated carbocycles. The van der Waals surface area contributed by atoms with Crippen LogP contribution in [0.1, 0.15) is 49.9 Å². The molecule has 3 rings (SSSR count). The normalized spacial score (nSPS) is 18.8. The molecule has 1 aliphatic carbocycles. The molecule has 0 radical (unpaired) electrons. The van der Waals surface area contributed by atoms with Gasteiger partial charge in [-0.3, -0.25) is 19.3 Å². The summed E-state index contributed by atoms with van der Waals surface area (Å²) in [5.41, 5.74) is 3.46. The van der Waals surface area contributed by atoms with Crippen molar-refractivity contribution in [3.63, 3.8) is 0 Å². The molecule has 1 aliphatic heterocycles. The first kappa shape index (κ1) is 25.5. The summed E-state index contributed by atoms with van der Waals surface area (Å²) in [4.78, 5) is 38.5. The third kappa shape index (κ3) is 4.71. The number of rotatable bonds is 8. The van der Waals surface area contributed by atoms with Crippen LogP contribution in [-0.4, -0.2) is 61.7 Å². The highest BCUT2D eigenvalue weighted by atomic mass is 16.7. The lowest BCUT2D eigenvalue weighted by Gasteiger charge is -2.39. The number of benzene rings is 1. The first-order valence-electron chi connectivity index (χ1n) is 11.1. The Kier molecular flexibility index (Phi) is 7.78. The molecule has 0 saturated heterocycles. The van der Waals surface area contributed by atoms with Gasteiger partial charge in [0, 0.05) is 48.9 Å². The Labute approximate surface area is 199 Å². The average Bonchev–Trinajstić information content (AvgIpc) is 2.81. The number of amides is 1. The zero-order chi connectivity index (χ0) is 25.2. The summed E-state index contributed by atoms with van der Waals surface area (Å²) in [6.45, 7) is 7.29. The molecule has 1 atom stereocenters. The van der Waals surface area contributed by atoms with Gasteiger partial charge in [0.1, 0.15) is 5.76 Å². The van der Waals surface area contributed by atoms with E-state index < -0.39 is 11.6 Å². The number of nitrogens with zero attached hydrogens (tertiary/aromatic N) is 1. The molecule has 9 heteroatoms. The van der Waals surface area contributed by atoms with Crippen molar-refractivity contribution >= 4 is 17.5 Å². The number of aryl methyl sites for hydroxylation is 1. The molecule has 0 bridgehead atoms. The van der Waals surface area contributed by atoms with Crippen LogP contribution in [0, 0.1) is 6.92 Å². The lowest BCUT2D eigenvalue weighted by molar-refractivity contribution is -0.132. The number of methoxy groups -OCH3 is 2. The topological polar surface area (TPSA) is 114 Å². The van der Waals surface area contributed by atoms with E-state index in [1.54, 1.807) is 14.0 Å². The third-order valence-corrected chi connectivity index (χ3v) is 6.42. The Morgan fingerprint density at radius 3 is 2.44 bits per heavy atom. The number of carbonyl (C=O) groups is 3. The largest absolute Gasteiger partial charge is 0.507 e. The monoisotopic (exact) mass is 472 g/mol. The molecule has 0 aromatic heterocycles. The average molecular weight is 473 g/mol. The molecule has 2 aliphatic rings. The quantitative estimate of drug-likeness (QED) is 0.337.